The Morgan fingerprint density at radius 1 is 1.19 bits per heavy atom. The van der Waals surface area contributed by atoms with Crippen LogP contribution in [0.1, 0.15) is 18.4 Å². The number of carbonyl (C=O) groups excluding carboxylic acids is 1. The van der Waals surface area contributed by atoms with Gasteiger partial charge in [-0.05, 0) is 48.7 Å². The Balaban J connectivity index is 1.89. The van der Waals surface area contributed by atoms with Gasteiger partial charge in [0.05, 0.1) is 5.41 Å². The van der Waals surface area contributed by atoms with Gasteiger partial charge in [0.25, 0.3) is 0 Å². The second-order valence-electron chi connectivity index (χ2n) is 5.55. The molecule has 2 aromatic carbocycles. The lowest BCUT2D eigenvalue weighted by molar-refractivity contribution is -0.120. The van der Waals surface area contributed by atoms with Crippen molar-refractivity contribution in [3.63, 3.8) is 0 Å². The van der Waals surface area contributed by atoms with E-state index in [1.807, 2.05) is 24.3 Å². The molecule has 3 nitrogen and oxygen atoms in total. The maximum absolute atomic E-state index is 13.3. The minimum absolute atomic E-state index is 0.00197. The molecule has 1 fully saturated rings. The van der Waals surface area contributed by atoms with Crippen LogP contribution in [0.2, 0.25) is 0 Å². The minimum atomic E-state index is -0.477. The van der Waals surface area contributed by atoms with Gasteiger partial charge in [-0.2, -0.15) is 0 Å². The maximum Gasteiger partial charge on any atom is 0.237 e. The SMILES string of the molecule is CN(C(=O)C1(c2ccc(N)cc2)CC1)c1cccc(F)c1. The number of amides is 1. The first-order valence-corrected chi connectivity index (χ1v) is 6.93. The molecule has 0 aromatic heterocycles. The summed E-state index contributed by atoms with van der Waals surface area (Å²) in [4.78, 5) is 14.3. The van der Waals surface area contributed by atoms with Gasteiger partial charge in [-0.15, -0.1) is 0 Å². The summed E-state index contributed by atoms with van der Waals surface area (Å²) in [6, 6.07) is 13.5. The van der Waals surface area contributed by atoms with E-state index in [1.165, 1.54) is 17.0 Å². The average Bonchev–Trinajstić information content (AvgIpc) is 3.28. The van der Waals surface area contributed by atoms with E-state index in [0.717, 1.165) is 18.4 Å². The molecule has 2 aromatic rings. The molecule has 3 rings (SSSR count). The van der Waals surface area contributed by atoms with Gasteiger partial charge >= 0.3 is 0 Å². The average molecular weight is 284 g/mol. The fourth-order valence-electron chi connectivity index (χ4n) is 2.68. The molecule has 21 heavy (non-hydrogen) atoms. The third-order valence-electron chi connectivity index (χ3n) is 4.12. The lowest BCUT2D eigenvalue weighted by Crippen LogP contribution is -2.36. The minimum Gasteiger partial charge on any atom is -0.399 e. The van der Waals surface area contributed by atoms with E-state index < -0.39 is 5.41 Å². The molecule has 0 bridgehead atoms. The van der Waals surface area contributed by atoms with Crippen molar-refractivity contribution in [3.8, 4) is 0 Å². The molecular weight excluding hydrogens is 267 g/mol. The molecule has 0 radical (unpaired) electrons. The zero-order valence-corrected chi connectivity index (χ0v) is 11.8. The van der Waals surface area contributed by atoms with Crippen molar-refractivity contribution in [3.05, 3.63) is 59.9 Å². The summed E-state index contributed by atoms with van der Waals surface area (Å²) in [7, 11) is 1.69. The normalized spacial score (nSPS) is 15.5. The first-order valence-electron chi connectivity index (χ1n) is 6.93. The number of anilines is 2. The summed E-state index contributed by atoms with van der Waals surface area (Å²) in [5.74, 6) is -0.345. The van der Waals surface area contributed by atoms with Crippen molar-refractivity contribution < 1.29 is 9.18 Å². The fraction of sp³-hybridized carbons (Fsp3) is 0.235. The third kappa shape index (κ3) is 2.37. The number of benzene rings is 2. The molecule has 0 unspecified atom stereocenters. The highest BCUT2D eigenvalue weighted by atomic mass is 19.1. The van der Waals surface area contributed by atoms with Crippen LogP contribution in [0.5, 0.6) is 0 Å². The summed E-state index contributed by atoms with van der Waals surface area (Å²) in [5, 5.41) is 0. The van der Waals surface area contributed by atoms with Crippen LogP contribution >= 0.6 is 0 Å². The lowest BCUT2D eigenvalue weighted by Gasteiger charge is -2.24. The van der Waals surface area contributed by atoms with Gasteiger partial charge < -0.3 is 10.6 Å². The summed E-state index contributed by atoms with van der Waals surface area (Å²) in [6.07, 6.45) is 1.63. The van der Waals surface area contributed by atoms with Crippen LogP contribution in [0.4, 0.5) is 15.8 Å². The molecule has 0 aliphatic heterocycles. The van der Waals surface area contributed by atoms with E-state index in [-0.39, 0.29) is 11.7 Å². The Morgan fingerprint density at radius 2 is 1.86 bits per heavy atom. The predicted molar refractivity (Wildman–Crippen MR) is 81.6 cm³/mol. The van der Waals surface area contributed by atoms with Crippen LogP contribution in [0, 0.1) is 5.82 Å². The number of hydrogen-bond donors (Lipinski definition) is 1. The molecule has 1 amide bonds. The Labute approximate surface area is 123 Å². The van der Waals surface area contributed by atoms with Crippen LogP contribution < -0.4 is 10.6 Å². The van der Waals surface area contributed by atoms with E-state index >= 15 is 0 Å². The highest BCUT2D eigenvalue weighted by Crippen LogP contribution is 2.50. The lowest BCUT2D eigenvalue weighted by atomic mass is 9.94. The zero-order valence-electron chi connectivity index (χ0n) is 11.8. The van der Waals surface area contributed by atoms with Crippen molar-refractivity contribution in [2.45, 2.75) is 18.3 Å². The fourth-order valence-corrected chi connectivity index (χ4v) is 2.68. The van der Waals surface area contributed by atoms with Crippen LogP contribution in [0.3, 0.4) is 0 Å². The van der Waals surface area contributed by atoms with Crippen molar-refractivity contribution in [1.82, 2.24) is 0 Å². The van der Waals surface area contributed by atoms with Crippen molar-refractivity contribution >= 4 is 17.3 Å². The van der Waals surface area contributed by atoms with Gasteiger partial charge in [0, 0.05) is 18.4 Å². The topological polar surface area (TPSA) is 46.3 Å². The summed E-state index contributed by atoms with van der Waals surface area (Å²) in [6.45, 7) is 0. The number of nitrogens with two attached hydrogens (primary N) is 1. The highest BCUT2D eigenvalue weighted by Gasteiger charge is 2.52. The Kier molecular flexibility index (Phi) is 3.16. The molecular formula is C17H17FN2O. The Hall–Kier alpha value is -2.36. The van der Waals surface area contributed by atoms with Crippen LogP contribution in [0.25, 0.3) is 0 Å². The summed E-state index contributed by atoms with van der Waals surface area (Å²) < 4.78 is 13.3. The quantitative estimate of drug-likeness (QED) is 0.880. The number of rotatable bonds is 3. The molecule has 4 heteroatoms. The van der Waals surface area contributed by atoms with Gasteiger partial charge in [-0.1, -0.05) is 18.2 Å². The third-order valence-corrected chi connectivity index (χ3v) is 4.12. The van der Waals surface area contributed by atoms with Crippen molar-refractivity contribution in [2.24, 2.45) is 0 Å². The maximum atomic E-state index is 13.3. The zero-order chi connectivity index (χ0) is 15.0. The van der Waals surface area contributed by atoms with Crippen molar-refractivity contribution in [2.75, 3.05) is 17.7 Å². The van der Waals surface area contributed by atoms with Gasteiger partial charge in [-0.3, -0.25) is 4.79 Å². The van der Waals surface area contributed by atoms with E-state index in [4.69, 9.17) is 5.73 Å². The number of nitrogens with zero attached hydrogens (tertiary/aromatic N) is 1. The molecule has 1 aliphatic rings. The molecule has 1 aliphatic carbocycles. The number of nitrogen functional groups attached to an aromatic ring is 1. The van der Waals surface area contributed by atoms with Gasteiger partial charge in [-0.25, -0.2) is 4.39 Å². The number of halogens is 1. The van der Waals surface area contributed by atoms with Gasteiger partial charge in [0.2, 0.25) is 5.91 Å². The second kappa shape index (κ2) is 4.88. The van der Waals surface area contributed by atoms with Gasteiger partial charge in [0.15, 0.2) is 0 Å². The second-order valence-corrected chi connectivity index (χ2v) is 5.55. The molecule has 2 N–H and O–H groups in total. The van der Waals surface area contributed by atoms with E-state index in [0.29, 0.717) is 11.4 Å². The molecule has 0 saturated heterocycles. The first kappa shape index (κ1) is 13.6. The molecule has 0 atom stereocenters. The molecule has 0 spiro atoms. The number of hydrogen-bond acceptors (Lipinski definition) is 2. The number of carbonyl (C=O) groups is 1. The number of likely N-dealkylation sites (N-methyl/N-ethyl adjacent to an activating group) is 1. The smallest absolute Gasteiger partial charge is 0.237 e. The molecule has 0 heterocycles. The van der Waals surface area contributed by atoms with Gasteiger partial charge in [0.1, 0.15) is 5.82 Å². The summed E-state index contributed by atoms with van der Waals surface area (Å²) in [5.41, 5.74) is 7.45. The standard InChI is InChI=1S/C17H17FN2O/c1-20(15-4-2-3-13(18)11-15)16(21)17(9-10-17)12-5-7-14(19)8-6-12/h2-8,11H,9-10,19H2,1H3. The molecule has 108 valence electrons. The monoisotopic (exact) mass is 284 g/mol. The Morgan fingerprint density at radius 3 is 2.43 bits per heavy atom. The first-order chi connectivity index (χ1) is 10.0. The largest absolute Gasteiger partial charge is 0.399 e. The van der Waals surface area contributed by atoms with Crippen LogP contribution in [-0.4, -0.2) is 13.0 Å². The van der Waals surface area contributed by atoms with Crippen LogP contribution in [-0.2, 0) is 10.2 Å². The van der Waals surface area contributed by atoms with E-state index in [1.54, 1.807) is 19.2 Å². The summed E-state index contributed by atoms with van der Waals surface area (Å²) >= 11 is 0. The van der Waals surface area contributed by atoms with E-state index in [2.05, 4.69) is 0 Å². The molecule has 1 saturated carbocycles. The van der Waals surface area contributed by atoms with Crippen LogP contribution in [0.15, 0.2) is 48.5 Å². The Bertz CT molecular complexity index is 677. The highest BCUT2D eigenvalue weighted by molar-refractivity contribution is 6.02. The van der Waals surface area contributed by atoms with Crippen molar-refractivity contribution in [1.29, 1.82) is 0 Å². The van der Waals surface area contributed by atoms with E-state index in [9.17, 15) is 9.18 Å². The predicted octanol–water partition coefficient (Wildman–Crippen LogP) is 3.10.